The number of rotatable bonds is 5. The summed E-state index contributed by atoms with van der Waals surface area (Å²) in [5, 5.41) is 3.23. The molecule has 0 aromatic heterocycles. The Balaban J connectivity index is 3.95. The maximum atomic E-state index is 11.3. The molecule has 4 heteroatoms. The lowest BCUT2D eigenvalue weighted by molar-refractivity contribution is 0.363. The summed E-state index contributed by atoms with van der Waals surface area (Å²) in [6.07, 6.45) is 0. The zero-order chi connectivity index (χ0) is 11.4. The Morgan fingerprint density at radius 2 is 1.79 bits per heavy atom. The van der Waals surface area contributed by atoms with Crippen molar-refractivity contribution in [2.24, 2.45) is 5.41 Å². The van der Waals surface area contributed by atoms with Crippen LogP contribution >= 0.6 is 0 Å². The van der Waals surface area contributed by atoms with Crippen molar-refractivity contribution in [3.63, 3.8) is 0 Å². The lowest BCUT2D eigenvalue weighted by Gasteiger charge is -2.22. The van der Waals surface area contributed by atoms with E-state index in [-0.39, 0.29) is 23.0 Å². The van der Waals surface area contributed by atoms with Crippen molar-refractivity contribution in [1.82, 2.24) is 5.32 Å². The normalized spacial score (nSPS) is 15.5. The first kappa shape index (κ1) is 13.9. The molecular formula is C10H23NO2S. The van der Waals surface area contributed by atoms with Crippen LogP contribution < -0.4 is 5.32 Å². The molecule has 0 bridgehead atoms. The molecule has 0 aromatic carbocycles. The Kier molecular flexibility index (Phi) is 5.09. The maximum Gasteiger partial charge on any atom is 0.151 e. The van der Waals surface area contributed by atoms with Crippen molar-refractivity contribution in [2.45, 2.75) is 40.7 Å². The number of hydrogen-bond acceptors (Lipinski definition) is 3. The van der Waals surface area contributed by atoms with Crippen LogP contribution in [0.3, 0.4) is 0 Å². The third kappa shape index (κ3) is 7.33. The van der Waals surface area contributed by atoms with E-state index in [2.05, 4.69) is 26.1 Å². The molecule has 1 atom stereocenters. The van der Waals surface area contributed by atoms with Crippen LogP contribution in [0.5, 0.6) is 0 Å². The lowest BCUT2D eigenvalue weighted by atomic mass is 9.97. The van der Waals surface area contributed by atoms with Gasteiger partial charge in [-0.15, -0.1) is 0 Å². The minimum absolute atomic E-state index is 0.0409. The van der Waals surface area contributed by atoms with Crippen LogP contribution in [-0.4, -0.2) is 32.5 Å². The molecule has 0 rings (SSSR count). The van der Waals surface area contributed by atoms with E-state index >= 15 is 0 Å². The first-order valence-electron chi connectivity index (χ1n) is 5.10. The molecule has 0 aromatic rings. The Hall–Kier alpha value is -0.0900. The summed E-state index contributed by atoms with van der Waals surface area (Å²) >= 11 is 0. The van der Waals surface area contributed by atoms with E-state index in [1.165, 1.54) is 0 Å². The predicted molar refractivity (Wildman–Crippen MR) is 61.2 cm³/mol. The third-order valence-corrected chi connectivity index (χ3v) is 3.81. The second-order valence-corrected chi connectivity index (χ2v) is 7.44. The summed E-state index contributed by atoms with van der Waals surface area (Å²) in [5.41, 5.74) is 0.199. The average molecular weight is 221 g/mol. The molecule has 0 amide bonds. The zero-order valence-corrected chi connectivity index (χ0v) is 10.7. The van der Waals surface area contributed by atoms with Crippen LogP contribution in [0.2, 0.25) is 0 Å². The maximum absolute atomic E-state index is 11.3. The quantitative estimate of drug-likeness (QED) is 0.764. The molecule has 0 radical (unpaired) electrons. The fourth-order valence-corrected chi connectivity index (χ4v) is 2.15. The van der Waals surface area contributed by atoms with Crippen LogP contribution in [0.15, 0.2) is 0 Å². The molecular weight excluding hydrogens is 198 g/mol. The van der Waals surface area contributed by atoms with E-state index in [0.29, 0.717) is 0 Å². The molecule has 0 aliphatic heterocycles. The van der Waals surface area contributed by atoms with E-state index in [1.807, 2.05) is 6.92 Å². The van der Waals surface area contributed by atoms with Crippen LogP contribution in [0.1, 0.15) is 34.6 Å². The first-order chi connectivity index (χ1) is 6.16. The van der Waals surface area contributed by atoms with Gasteiger partial charge in [-0.3, -0.25) is 0 Å². The number of nitrogens with one attached hydrogen (secondary N) is 1. The van der Waals surface area contributed by atoms with Crippen LogP contribution in [0.4, 0.5) is 0 Å². The van der Waals surface area contributed by atoms with Gasteiger partial charge < -0.3 is 5.32 Å². The molecule has 0 saturated carbocycles. The summed E-state index contributed by atoms with van der Waals surface area (Å²) in [6, 6.07) is 0.0409. The average Bonchev–Trinajstić information content (AvgIpc) is 1.99. The standard InChI is InChI=1S/C10H23NO2S/c1-6-14(12,13)7-9(2)11-8-10(3,4)5/h9,11H,6-8H2,1-5H3. The SMILES string of the molecule is CCS(=O)(=O)CC(C)NCC(C)(C)C. The molecule has 0 saturated heterocycles. The minimum Gasteiger partial charge on any atom is -0.313 e. The van der Waals surface area contributed by atoms with Crippen LogP contribution in [0.25, 0.3) is 0 Å². The minimum atomic E-state index is -2.85. The van der Waals surface area contributed by atoms with Crippen molar-refractivity contribution in [2.75, 3.05) is 18.1 Å². The summed E-state index contributed by atoms with van der Waals surface area (Å²) in [6.45, 7) is 10.8. The van der Waals surface area contributed by atoms with Gasteiger partial charge in [0.05, 0.1) is 5.75 Å². The van der Waals surface area contributed by atoms with E-state index in [9.17, 15) is 8.42 Å². The molecule has 0 heterocycles. The van der Waals surface area contributed by atoms with Crippen molar-refractivity contribution < 1.29 is 8.42 Å². The summed E-state index contributed by atoms with van der Waals surface area (Å²) < 4.78 is 22.6. The molecule has 1 unspecified atom stereocenters. The molecule has 0 aliphatic rings. The van der Waals surface area contributed by atoms with Gasteiger partial charge in [-0.2, -0.15) is 0 Å². The molecule has 0 fully saturated rings. The van der Waals surface area contributed by atoms with Crippen molar-refractivity contribution in [3.8, 4) is 0 Å². The van der Waals surface area contributed by atoms with Gasteiger partial charge >= 0.3 is 0 Å². The van der Waals surface area contributed by atoms with Crippen molar-refractivity contribution >= 4 is 9.84 Å². The third-order valence-electron chi connectivity index (χ3n) is 1.92. The predicted octanol–water partition coefficient (Wildman–Crippen LogP) is 1.45. The Morgan fingerprint density at radius 3 is 2.14 bits per heavy atom. The highest BCUT2D eigenvalue weighted by Crippen LogP contribution is 2.10. The summed E-state index contributed by atoms with van der Waals surface area (Å²) in [4.78, 5) is 0. The van der Waals surface area contributed by atoms with E-state index in [1.54, 1.807) is 6.92 Å². The Labute approximate surface area is 88.2 Å². The van der Waals surface area contributed by atoms with Gasteiger partial charge in [0.1, 0.15) is 0 Å². The molecule has 86 valence electrons. The van der Waals surface area contributed by atoms with E-state index < -0.39 is 9.84 Å². The van der Waals surface area contributed by atoms with Gasteiger partial charge in [0.25, 0.3) is 0 Å². The lowest BCUT2D eigenvalue weighted by Crippen LogP contribution is -2.38. The first-order valence-corrected chi connectivity index (χ1v) is 6.92. The van der Waals surface area contributed by atoms with Gasteiger partial charge in [0, 0.05) is 18.3 Å². The van der Waals surface area contributed by atoms with Crippen molar-refractivity contribution in [3.05, 3.63) is 0 Å². The second kappa shape index (κ2) is 5.12. The van der Waals surface area contributed by atoms with Crippen LogP contribution in [-0.2, 0) is 9.84 Å². The van der Waals surface area contributed by atoms with Gasteiger partial charge in [-0.05, 0) is 12.3 Å². The topological polar surface area (TPSA) is 46.2 Å². The Morgan fingerprint density at radius 1 is 1.29 bits per heavy atom. The number of hydrogen-bond donors (Lipinski definition) is 1. The smallest absolute Gasteiger partial charge is 0.151 e. The zero-order valence-electron chi connectivity index (χ0n) is 9.92. The van der Waals surface area contributed by atoms with Gasteiger partial charge in [-0.1, -0.05) is 27.7 Å². The molecule has 3 nitrogen and oxygen atoms in total. The highest BCUT2D eigenvalue weighted by atomic mass is 32.2. The fraction of sp³-hybridized carbons (Fsp3) is 1.00. The summed E-state index contributed by atoms with van der Waals surface area (Å²) in [7, 11) is -2.85. The van der Waals surface area contributed by atoms with Gasteiger partial charge in [0.15, 0.2) is 9.84 Å². The highest BCUT2D eigenvalue weighted by molar-refractivity contribution is 7.91. The Bertz CT molecular complexity index is 252. The van der Waals surface area contributed by atoms with Crippen molar-refractivity contribution in [1.29, 1.82) is 0 Å². The summed E-state index contributed by atoms with van der Waals surface area (Å²) in [5.74, 6) is 0.466. The van der Waals surface area contributed by atoms with E-state index in [4.69, 9.17) is 0 Å². The largest absolute Gasteiger partial charge is 0.313 e. The highest BCUT2D eigenvalue weighted by Gasteiger charge is 2.16. The van der Waals surface area contributed by atoms with E-state index in [0.717, 1.165) is 6.54 Å². The molecule has 0 spiro atoms. The van der Waals surface area contributed by atoms with Gasteiger partial charge in [0.2, 0.25) is 0 Å². The fourth-order valence-electron chi connectivity index (χ4n) is 1.04. The van der Waals surface area contributed by atoms with Crippen LogP contribution in [0, 0.1) is 5.41 Å². The molecule has 1 N–H and O–H groups in total. The number of sulfone groups is 1. The van der Waals surface area contributed by atoms with Gasteiger partial charge in [-0.25, -0.2) is 8.42 Å². The second-order valence-electron chi connectivity index (χ2n) is 5.04. The molecule has 0 aliphatic carbocycles. The monoisotopic (exact) mass is 221 g/mol. The molecule has 14 heavy (non-hydrogen) atoms.